The lowest BCUT2D eigenvalue weighted by Gasteiger charge is -2.18. The quantitative estimate of drug-likeness (QED) is 0.912. The number of benzene rings is 1. The van der Waals surface area contributed by atoms with Crippen LogP contribution in [-0.4, -0.2) is 4.98 Å². The number of aromatic nitrogens is 1. The van der Waals surface area contributed by atoms with Crippen molar-refractivity contribution in [3.63, 3.8) is 0 Å². The first-order chi connectivity index (χ1) is 8.99. The SMILES string of the molecule is CC(C)(C)c1ccc(Oc2cccc(CN)c2)nc1. The van der Waals surface area contributed by atoms with E-state index in [4.69, 9.17) is 10.5 Å². The van der Waals surface area contributed by atoms with Gasteiger partial charge in [-0.2, -0.15) is 0 Å². The van der Waals surface area contributed by atoms with Crippen LogP contribution < -0.4 is 10.5 Å². The molecule has 0 amide bonds. The van der Waals surface area contributed by atoms with Crippen LogP contribution in [0.25, 0.3) is 0 Å². The molecule has 0 bridgehead atoms. The van der Waals surface area contributed by atoms with Gasteiger partial charge >= 0.3 is 0 Å². The number of nitrogens with two attached hydrogens (primary N) is 1. The second kappa shape index (κ2) is 5.41. The number of pyridine rings is 1. The highest BCUT2D eigenvalue weighted by molar-refractivity contribution is 5.32. The zero-order valence-corrected chi connectivity index (χ0v) is 11.7. The second-order valence-electron chi connectivity index (χ2n) is 5.59. The van der Waals surface area contributed by atoms with Gasteiger partial charge < -0.3 is 10.5 Å². The van der Waals surface area contributed by atoms with Crippen molar-refractivity contribution < 1.29 is 4.74 Å². The van der Waals surface area contributed by atoms with E-state index < -0.39 is 0 Å². The molecule has 2 rings (SSSR count). The molecule has 0 aliphatic carbocycles. The molecule has 3 nitrogen and oxygen atoms in total. The van der Waals surface area contributed by atoms with Gasteiger partial charge in [-0.1, -0.05) is 39.0 Å². The lowest BCUT2D eigenvalue weighted by Crippen LogP contribution is -2.11. The standard InChI is InChI=1S/C16H20N2O/c1-16(2,3)13-7-8-15(18-11-13)19-14-6-4-5-12(9-14)10-17/h4-9,11H,10,17H2,1-3H3. The van der Waals surface area contributed by atoms with E-state index in [1.54, 1.807) is 0 Å². The van der Waals surface area contributed by atoms with E-state index >= 15 is 0 Å². The molecule has 0 spiro atoms. The summed E-state index contributed by atoms with van der Waals surface area (Å²) in [7, 11) is 0. The van der Waals surface area contributed by atoms with Gasteiger partial charge in [-0.3, -0.25) is 0 Å². The molecular formula is C16H20N2O. The number of rotatable bonds is 3. The highest BCUT2D eigenvalue weighted by Gasteiger charge is 2.13. The number of hydrogen-bond acceptors (Lipinski definition) is 3. The minimum Gasteiger partial charge on any atom is -0.439 e. The van der Waals surface area contributed by atoms with Crippen molar-refractivity contribution in [3.8, 4) is 11.6 Å². The summed E-state index contributed by atoms with van der Waals surface area (Å²) < 4.78 is 5.72. The molecule has 3 heteroatoms. The molecule has 2 N–H and O–H groups in total. The van der Waals surface area contributed by atoms with Crippen LogP contribution in [-0.2, 0) is 12.0 Å². The van der Waals surface area contributed by atoms with Crippen LogP contribution in [0.3, 0.4) is 0 Å². The van der Waals surface area contributed by atoms with Gasteiger partial charge in [-0.15, -0.1) is 0 Å². The normalized spacial score (nSPS) is 11.4. The van der Waals surface area contributed by atoms with Gasteiger partial charge in [-0.25, -0.2) is 4.98 Å². The zero-order chi connectivity index (χ0) is 13.9. The Morgan fingerprint density at radius 3 is 2.53 bits per heavy atom. The van der Waals surface area contributed by atoms with Crippen molar-refractivity contribution in [1.82, 2.24) is 4.98 Å². The number of hydrogen-bond donors (Lipinski definition) is 1. The maximum absolute atomic E-state index is 5.72. The van der Waals surface area contributed by atoms with E-state index in [9.17, 15) is 0 Å². The van der Waals surface area contributed by atoms with Crippen LogP contribution in [0.1, 0.15) is 31.9 Å². The monoisotopic (exact) mass is 256 g/mol. The molecule has 1 aromatic heterocycles. The first-order valence-electron chi connectivity index (χ1n) is 6.42. The van der Waals surface area contributed by atoms with E-state index in [-0.39, 0.29) is 5.41 Å². The van der Waals surface area contributed by atoms with Crippen molar-refractivity contribution >= 4 is 0 Å². The second-order valence-corrected chi connectivity index (χ2v) is 5.59. The Labute approximate surface area is 114 Å². The maximum Gasteiger partial charge on any atom is 0.219 e. The van der Waals surface area contributed by atoms with Gasteiger partial charge in [0.15, 0.2) is 0 Å². The fourth-order valence-corrected chi connectivity index (χ4v) is 1.74. The summed E-state index contributed by atoms with van der Waals surface area (Å²) in [5.41, 5.74) is 7.95. The molecule has 0 fully saturated rings. The van der Waals surface area contributed by atoms with E-state index in [1.165, 1.54) is 5.56 Å². The maximum atomic E-state index is 5.72. The third-order valence-electron chi connectivity index (χ3n) is 2.96. The topological polar surface area (TPSA) is 48.1 Å². The lowest BCUT2D eigenvalue weighted by molar-refractivity contribution is 0.460. The Kier molecular flexibility index (Phi) is 3.86. The van der Waals surface area contributed by atoms with Crippen molar-refractivity contribution in [1.29, 1.82) is 0 Å². The molecule has 100 valence electrons. The largest absolute Gasteiger partial charge is 0.439 e. The van der Waals surface area contributed by atoms with Gasteiger partial charge in [0.25, 0.3) is 0 Å². The first kappa shape index (κ1) is 13.6. The fourth-order valence-electron chi connectivity index (χ4n) is 1.74. The molecular weight excluding hydrogens is 236 g/mol. The number of nitrogens with zero attached hydrogens (tertiary/aromatic N) is 1. The molecule has 2 aromatic rings. The van der Waals surface area contributed by atoms with Crippen molar-refractivity contribution in [2.75, 3.05) is 0 Å². The predicted molar refractivity (Wildman–Crippen MR) is 77.3 cm³/mol. The summed E-state index contributed by atoms with van der Waals surface area (Å²) in [6.45, 7) is 6.99. The third kappa shape index (κ3) is 3.55. The molecule has 0 aliphatic heterocycles. The molecule has 0 saturated heterocycles. The molecule has 0 aliphatic rings. The highest BCUT2D eigenvalue weighted by atomic mass is 16.5. The summed E-state index contributed by atoms with van der Waals surface area (Å²) in [5.74, 6) is 1.36. The molecule has 1 heterocycles. The Morgan fingerprint density at radius 1 is 1.16 bits per heavy atom. The summed E-state index contributed by atoms with van der Waals surface area (Å²) in [5, 5.41) is 0. The zero-order valence-electron chi connectivity index (χ0n) is 11.7. The van der Waals surface area contributed by atoms with Gasteiger partial charge in [0.05, 0.1) is 0 Å². The van der Waals surface area contributed by atoms with Crippen molar-refractivity contribution in [2.45, 2.75) is 32.7 Å². The van der Waals surface area contributed by atoms with Crippen LogP contribution in [0, 0.1) is 0 Å². The van der Waals surface area contributed by atoms with E-state index in [0.717, 1.165) is 11.3 Å². The third-order valence-corrected chi connectivity index (χ3v) is 2.96. The van der Waals surface area contributed by atoms with E-state index in [1.807, 2.05) is 36.5 Å². The van der Waals surface area contributed by atoms with Crippen LogP contribution in [0.2, 0.25) is 0 Å². The summed E-state index contributed by atoms with van der Waals surface area (Å²) in [6, 6.07) is 11.7. The van der Waals surface area contributed by atoms with E-state index in [2.05, 4.69) is 31.8 Å². The smallest absolute Gasteiger partial charge is 0.219 e. The van der Waals surface area contributed by atoms with Crippen LogP contribution in [0.15, 0.2) is 42.6 Å². The predicted octanol–water partition coefficient (Wildman–Crippen LogP) is 3.63. The molecule has 0 radical (unpaired) electrons. The van der Waals surface area contributed by atoms with Crippen LogP contribution in [0.4, 0.5) is 0 Å². The van der Waals surface area contributed by atoms with E-state index in [0.29, 0.717) is 12.4 Å². The van der Waals surface area contributed by atoms with Gasteiger partial charge in [0.2, 0.25) is 5.88 Å². The Balaban J connectivity index is 2.15. The summed E-state index contributed by atoms with van der Waals surface area (Å²) >= 11 is 0. The van der Waals surface area contributed by atoms with Gasteiger partial charge in [0.1, 0.15) is 5.75 Å². The minimum atomic E-state index is 0.102. The lowest BCUT2D eigenvalue weighted by atomic mass is 9.88. The summed E-state index contributed by atoms with van der Waals surface area (Å²) in [4.78, 5) is 4.34. The van der Waals surface area contributed by atoms with Crippen LogP contribution in [0.5, 0.6) is 11.6 Å². The Hall–Kier alpha value is -1.87. The number of ether oxygens (including phenoxy) is 1. The van der Waals surface area contributed by atoms with Crippen molar-refractivity contribution in [2.24, 2.45) is 5.73 Å². The highest BCUT2D eigenvalue weighted by Crippen LogP contribution is 2.25. The average molecular weight is 256 g/mol. The first-order valence-corrected chi connectivity index (χ1v) is 6.42. The fraction of sp³-hybridized carbons (Fsp3) is 0.312. The van der Waals surface area contributed by atoms with Crippen LogP contribution >= 0.6 is 0 Å². The summed E-state index contributed by atoms with van der Waals surface area (Å²) in [6.07, 6.45) is 1.86. The average Bonchev–Trinajstić information content (AvgIpc) is 2.38. The molecule has 1 aromatic carbocycles. The molecule has 0 saturated carbocycles. The molecule has 0 atom stereocenters. The Bertz CT molecular complexity index is 541. The Morgan fingerprint density at radius 2 is 1.95 bits per heavy atom. The molecule has 19 heavy (non-hydrogen) atoms. The van der Waals surface area contributed by atoms with Crippen molar-refractivity contribution in [3.05, 3.63) is 53.7 Å². The van der Waals surface area contributed by atoms with Gasteiger partial charge in [0, 0.05) is 18.8 Å². The molecule has 0 unspecified atom stereocenters. The van der Waals surface area contributed by atoms with Gasteiger partial charge in [-0.05, 0) is 28.7 Å². The minimum absolute atomic E-state index is 0.102.